The predicted octanol–water partition coefficient (Wildman–Crippen LogP) is 13.6. The number of benzene rings is 6. The van der Waals surface area contributed by atoms with E-state index in [1.165, 1.54) is 33.4 Å². The first-order valence-corrected chi connectivity index (χ1v) is 28.5. The number of carbonyl (C=O) groups excluding carboxylic acids is 4. The third-order valence-corrected chi connectivity index (χ3v) is 15.9. The number of ketones is 2. The van der Waals surface area contributed by atoms with Gasteiger partial charge in [-0.05, 0) is 144 Å². The molecule has 4 heterocycles. The fourth-order valence-corrected chi connectivity index (χ4v) is 12.2. The maximum absolute atomic E-state index is 13.6. The van der Waals surface area contributed by atoms with E-state index in [1.54, 1.807) is 6.92 Å². The molecule has 0 spiro atoms. The Hall–Kier alpha value is -8.58. The maximum Gasteiger partial charge on any atom is 0.325 e. The molecule has 1 N–H and O–H groups in total. The lowest BCUT2D eigenvalue weighted by molar-refractivity contribution is -0.142. The topological polar surface area (TPSA) is 157 Å². The number of aryl methyl sites for hydroxylation is 8. The first-order chi connectivity index (χ1) is 39.5. The molecule has 2 aromatic heterocycles. The Balaban J connectivity index is 0.000000198. The van der Waals surface area contributed by atoms with Crippen LogP contribution in [0.3, 0.4) is 0 Å². The second-order valence-corrected chi connectivity index (χ2v) is 21.9. The van der Waals surface area contributed by atoms with Gasteiger partial charge >= 0.3 is 11.9 Å². The van der Waals surface area contributed by atoms with Gasteiger partial charge in [0.1, 0.15) is 42.3 Å². The third-order valence-electron chi connectivity index (χ3n) is 15.9. The monoisotopic (exact) mass is 1100 g/mol. The number of Topliss-reactive ketones (excluding diaryl/α,β-unsaturated/α-hetero) is 2. The summed E-state index contributed by atoms with van der Waals surface area (Å²) in [5, 5.41) is 11.8. The smallest absolute Gasteiger partial charge is 0.325 e. The van der Waals surface area contributed by atoms with E-state index in [4.69, 9.17) is 18.5 Å². The molecule has 0 aliphatic carbocycles. The highest BCUT2D eigenvalue weighted by atomic mass is 16.5. The molecule has 0 saturated carbocycles. The van der Waals surface area contributed by atoms with Crippen molar-refractivity contribution in [3.63, 3.8) is 0 Å². The van der Waals surface area contributed by atoms with E-state index in [0.29, 0.717) is 51.1 Å². The Morgan fingerprint density at radius 1 is 0.561 bits per heavy atom. The lowest BCUT2D eigenvalue weighted by Gasteiger charge is -2.26. The van der Waals surface area contributed by atoms with Crippen molar-refractivity contribution in [3.05, 3.63) is 229 Å². The summed E-state index contributed by atoms with van der Waals surface area (Å²) < 4.78 is 21.5. The molecular weight excluding hydrogens is 1030 g/mol. The Labute approximate surface area is 482 Å². The van der Waals surface area contributed by atoms with Gasteiger partial charge in [-0.3, -0.25) is 19.2 Å². The normalized spacial score (nSPS) is 15.0. The average Bonchev–Trinajstić information content (AvgIpc) is 3.61. The van der Waals surface area contributed by atoms with Crippen molar-refractivity contribution < 1.29 is 37.7 Å². The van der Waals surface area contributed by atoms with E-state index in [2.05, 4.69) is 115 Å². The van der Waals surface area contributed by atoms with Gasteiger partial charge in [-0.1, -0.05) is 137 Å². The first-order valence-electron chi connectivity index (χ1n) is 28.5. The zero-order chi connectivity index (χ0) is 58.2. The number of carbonyl (C=O) groups is 4. The van der Waals surface area contributed by atoms with E-state index in [9.17, 15) is 19.2 Å². The molecule has 8 aromatic rings. The molecule has 4 atom stereocenters. The van der Waals surface area contributed by atoms with Crippen LogP contribution < -0.4 is 15.1 Å². The average molecular weight is 1100 g/mol. The number of hydrogen-bond acceptors (Lipinski definition) is 13. The number of aromatic nitrogens is 2. The summed E-state index contributed by atoms with van der Waals surface area (Å²) in [5.41, 5.74) is 18.7. The van der Waals surface area contributed by atoms with Crippen molar-refractivity contribution >= 4 is 40.6 Å². The van der Waals surface area contributed by atoms with Gasteiger partial charge in [-0.25, -0.2) is 0 Å². The second-order valence-electron chi connectivity index (χ2n) is 21.9. The van der Waals surface area contributed by atoms with Gasteiger partial charge in [-0.15, -0.1) is 0 Å². The van der Waals surface area contributed by atoms with Gasteiger partial charge in [0.15, 0.2) is 0 Å². The van der Waals surface area contributed by atoms with E-state index in [0.717, 1.165) is 73.2 Å². The molecule has 0 amide bonds. The first kappa shape index (κ1) is 58.1. The van der Waals surface area contributed by atoms with Gasteiger partial charge in [-0.2, -0.15) is 0 Å². The second kappa shape index (κ2) is 25.9. The highest BCUT2D eigenvalue weighted by Crippen LogP contribution is 2.45. The molecular formula is C69H75N5O8. The van der Waals surface area contributed by atoms with Crippen molar-refractivity contribution in [1.29, 1.82) is 0 Å². The van der Waals surface area contributed by atoms with Crippen LogP contribution in [-0.4, -0.2) is 60.1 Å². The Kier molecular flexibility index (Phi) is 18.3. The van der Waals surface area contributed by atoms with E-state index >= 15 is 0 Å². The minimum Gasteiger partial charge on any atom is -0.465 e. The minimum atomic E-state index is -0.335. The largest absolute Gasteiger partial charge is 0.465 e. The number of anilines is 3. The fraction of sp³-hybridized carbons (Fsp3) is 0.333. The third kappa shape index (κ3) is 13.3. The van der Waals surface area contributed by atoms with Crippen LogP contribution in [0.1, 0.15) is 146 Å². The molecule has 424 valence electrons. The SMILES string of the molecule is CCOC(=O)CN1c2cc(CC(=O)CC(c3ccccc3)c3ccc(C)cc3C)ccc2NC1c1c(C)noc1C.CCOC(=O)CN1c2ccc(CC(=O)CC(c3ccccc3)c3ccc(C)cc3C)cc2CC1c1c(C)noc1C. The molecule has 0 radical (unpaired) electrons. The van der Waals surface area contributed by atoms with Gasteiger partial charge < -0.3 is 33.6 Å². The van der Waals surface area contributed by atoms with Crippen LogP contribution in [0.25, 0.3) is 0 Å². The maximum atomic E-state index is 13.6. The number of fused-ring (bicyclic) bond motifs is 2. The lowest BCUT2D eigenvalue weighted by Crippen LogP contribution is -2.34. The van der Waals surface area contributed by atoms with Gasteiger partial charge in [0, 0.05) is 48.8 Å². The zero-order valence-electron chi connectivity index (χ0n) is 48.9. The van der Waals surface area contributed by atoms with Crippen molar-refractivity contribution in [3.8, 4) is 0 Å². The number of esters is 2. The summed E-state index contributed by atoms with van der Waals surface area (Å²) >= 11 is 0. The highest BCUT2D eigenvalue weighted by molar-refractivity contribution is 5.87. The van der Waals surface area contributed by atoms with Crippen LogP contribution in [0, 0.1) is 55.4 Å². The van der Waals surface area contributed by atoms with Crippen molar-refractivity contribution in [2.75, 3.05) is 41.4 Å². The van der Waals surface area contributed by atoms with E-state index < -0.39 is 0 Å². The molecule has 13 nitrogen and oxygen atoms in total. The van der Waals surface area contributed by atoms with Crippen molar-refractivity contribution in [2.24, 2.45) is 0 Å². The number of hydrogen-bond donors (Lipinski definition) is 1. The van der Waals surface area contributed by atoms with Gasteiger partial charge in [0.05, 0.1) is 47.6 Å². The quantitative estimate of drug-likeness (QED) is 0.0720. The summed E-state index contributed by atoms with van der Waals surface area (Å²) in [6.45, 7) is 20.5. The van der Waals surface area contributed by atoms with Crippen molar-refractivity contribution in [1.82, 2.24) is 10.3 Å². The number of rotatable bonds is 20. The molecule has 10 rings (SSSR count). The van der Waals surface area contributed by atoms with Crippen LogP contribution in [0.5, 0.6) is 0 Å². The van der Waals surface area contributed by atoms with Gasteiger partial charge in [0.25, 0.3) is 0 Å². The number of nitrogens with zero attached hydrogens (tertiary/aromatic N) is 4. The molecule has 13 heteroatoms. The minimum absolute atomic E-state index is 0.00252. The molecule has 82 heavy (non-hydrogen) atoms. The molecule has 0 saturated heterocycles. The summed E-state index contributed by atoms with van der Waals surface area (Å²) in [4.78, 5) is 56.4. The summed E-state index contributed by atoms with van der Waals surface area (Å²) in [6.07, 6.45) is 1.85. The highest BCUT2D eigenvalue weighted by Gasteiger charge is 2.38. The fourth-order valence-electron chi connectivity index (χ4n) is 12.2. The zero-order valence-corrected chi connectivity index (χ0v) is 48.9. The Morgan fingerprint density at radius 2 is 1.05 bits per heavy atom. The molecule has 4 unspecified atom stereocenters. The van der Waals surface area contributed by atoms with Crippen molar-refractivity contribution in [2.45, 2.75) is 125 Å². The summed E-state index contributed by atoms with van der Waals surface area (Å²) in [6, 6.07) is 45.5. The van der Waals surface area contributed by atoms with Crippen LogP contribution >= 0.6 is 0 Å². The van der Waals surface area contributed by atoms with E-state index in [-0.39, 0.29) is 60.6 Å². The number of ether oxygens (including phenoxy) is 2. The molecule has 0 bridgehead atoms. The Morgan fingerprint density at radius 3 is 1.54 bits per heavy atom. The van der Waals surface area contributed by atoms with Crippen LogP contribution in [0.4, 0.5) is 17.1 Å². The Bertz CT molecular complexity index is 3500. The van der Waals surface area contributed by atoms with Crippen LogP contribution in [0.15, 0.2) is 143 Å². The molecule has 6 aromatic carbocycles. The summed E-state index contributed by atoms with van der Waals surface area (Å²) in [5.74, 6) is 1.19. The predicted molar refractivity (Wildman–Crippen MR) is 321 cm³/mol. The van der Waals surface area contributed by atoms with Crippen LogP contribution in [0.2, 0.25) is 0 Å². The summed E-state index contributed by atoms with van der Waals surface area (Å²) in [7, 11) is 0. The van der Waals surface area contributed by atoms with E-state index in [1.807, 2.05) is 106 Å². The molecule has 2 aliphatic heterocycles. The molecule has 0 fully saturated rings. The molecule has 2 aliphatic rings. The number of nitrogens with one attached hydrogen (secondary N) is 1. The lowest BCUT2D eigenvalue weighted by atomic mass is 9.83. The standard InChI is InChI=1S/C35H38N2O4.C34H37N3O4/c1-6-40-34(39)21-37-32-15-13-26(17-28(32)19-33(37)35-24(4)36-41-25(35)5)18-29(38)20-31(27-10-8-7-9-11-27)30-14-12-22(2)16-23(30)3;1-6-40-32(39)20-37-31-18-25(13-15-30(31)35-34(37)33-23(4)36-41-24(33)5)17-27(38)19-29(26-10-8-7-9-11-26)28-14-12-21(2)16-22(28)3/h7-17,31,33H,6,18-21H2,1-5H3;7-16,18,29,34-35H,6,17,19-20H2,1-5H3. The van der Waals surface area contributed by atoms with Gasteiger partial charge in [0.2, 0.25) is 0 Å². The van der Waals surface area contributed by atoms with Crippen LogP contribution in [-0.2, 0) is 47.9 Å².